The molecule has 0 aliphatic carbocycles. The van der Waals surface area contributed by atoms with Gasteiger partial charge in [-0.3, -0.25) is 9.59 Å². The Morgan fingerprint density at radius 3 is 2.55 bits per heavy atom. The zero-order valence-electron chi connectivity index (χ0n) is 11.6. The molecule has 0 spiro atoms. The molecule has 7 heteroatoms. The molecule has 0 unspecified atom stereocenters. The molecule has 0 fully saturated rings. The normalized spacial score (nSPS) is 10.5. The van der Waals surface area contributed by atoms with E-state index >= 15 is 0 Å². The van der Waals surface area contributed by atoms with Crippen molar-refractivity contribution in [2.45, 2.75) is 13.8 Å². The highest BCUT2D eigenvalue weighted by molar-refractivity contribution is 6.34. The standard InChI is InChI=1S/C13H17Cl2N3O2/c1-8(2)6-16-11(19)7-18(3)13(20)9-4-5-10(14)17-12(9)15/h4-5,8H,6-7H2,1-3H3,(H,16,19). The van der Waals surface area contributed by atoms with Crippen molar-refractivity contribution in [3.63, 3.8) is 0 Å². The van der Waals surface area contributed by atoms with Crippen LogP contribution in [0.25, 0.3) is 0 Å². The van der Waals surface area contributed by atoms with Crippen molar-refractivity contribution in [2.75, 3.05) is 20.1 Å². The summed E-state index contributed by atoms with van der Waals surface area (Å²) in [5.41, 5.74) is 0.218. The Hall–Kier alpha value is -1.33. The van der Waals surface area contributed by atoms with Crippen LogP contribution in [0, 0.1) is 5.92 Å². The van der Waals surface area contributed by atoms with E-state index < -0.39 is 0 Å². The van der Waals surface area contributed by atoms with Crippen LogP contribution in [0.4, 0.5) is 0 Å². The number of carbonyl (C=O) groups excluding carboxylic acids is 2. The summed E-state index contributed by atoms with van der Waals surface area (Å²) in [6.07, 6.45) is 0. The van der Waals surface area contributed by atoms with E-state index in [9.17, 15) is 9.59 Å². The molecular formula is C13H17Cl2N3O2. The average Bonchev–Trinajstić information content (AvgIpc) is 2.35. The van der Waals surface area contributed by atoms with E-state index in [0.29, 0.717) is 12.5 Å². The molecule has 0 aromatic carbocycles. The average molecular weight is 318 g/mol. The lowest BCUT2D eigenvalue weighted by atomic mass is 10.2. The molecule has 0 saturated heterocycles. The molecule has 2 amide bonds. The van der Waals surface area contributed by atoms with Crippen LogP contribution in [0.2, 0.25) is 10.3 Å². The minimum Gasteiger partial charge on any atom is -0.354 e. The number of carbonyl (C=O) groups is 2. The van der Waals surface area contributed by atoms with E-state index in [4.69, 9.17) is 23.2 Å². The van der Waals surface area contributed by atoms with Gasteiger partial charge in [-0.15, -0.1) is 0 Å². The van der Waals surface area contributed by atoms with Gasteiger partial charge in [0.15, 0.2) is 0 Å². The molecule has 0 aliphatic rings. The molecule has 1 rings (SSSR count). The smallest absolute Gasteiger partial charge is 0.257 e. The van der Waals surface area contributed by atoms with Crippen LogP contribution in [0.5, 0.6) is 0 Å². The maximum absolute atomic E-state index is 12.1. The van der Waals surface area contributed by atoms with Gasteiger partial charge in [-0.25, -0.2) is 4.98 Å². The molecular weight excluding hydrogens is 301 g/mol. The van der Waals surface area contributed by atoms with Gasteiger partial charge in [-0.2, -0.15) is 0 Å². The first-order chi connectivity index (χ1) is 9.31. The number of hydrogen-bond donors (Lipinski definition) is 1. The maximum atomic E-state index is 12.1. The van der Waals surface area contributed by atoms with Crippen LogP contribution in [0.15, 0.2) is 12.1 Å². The van der Waals surface area contributed by atoms with Crippen molar-refractivity contribution < 1.29 is 9.59 Å². The number of halogens is 2. The summed E-state index contributed by atoms with van der Waals surface area (Å²) in [5, 5.41) is 2.98. The third-order valence-corrected chi connectivity index (χ3v) is 2.98. The molecule has 0 radical (unpaired) electrons. The molecule has 0 bridgehead atoms. The van der Waals surface area contributed by atoms with Gasteiger partial charge in [0.1, 0.15) is 10.3 Å². The first-order valence-electron chi connectivity index (χ1n) is 6.15. The van der Waals surface area contributed by atoms with Crippen LogP contribution in [-0.4, -0.2) is 41.8 Å². The largest absolute Gasteiger partial charge is 0.354 e. The lowest BCUT2D eigenvalue weighted by molar-refractivity contribution is -0.121. The van der Waals surface area contributed by atoms with Gasteiger partial charge in [0.2, 0.25) is 5.91 Å². The highest BCUT2D eigenvalue weighted by Gasteiger charge is 2.18. The summed E-state index contributed by atoms with van der Waals surface area (Å²) in [4.78, 5) is 28.9. The van der Waals surface area contributed by atoms with Crippen LogP contribution in [0.3, 0.4) is 0 Å². The molecule has 5 nitrogen and oxygen atoms in total. The van der Waals surface area contributed by atoms with Crippen molar-refractivity contribution in [3.05, 3.63) is 28.0 Å². The third kappa shape index (κ3) is 4.98. The van der Waals surface area contributed by atoms with E-state index in [0.717, 1.165) is 0 Å². The van der Waals surface area contributed by atoms with E-state index in [1.165, 1.54) is 24.1 Å². The van der Waals surface area contributed by atoms with Gasteiger partial charge in [0.05, 0.1) is 12.1 Å². The monoisotopic (exact) mass is 317 g/mol. The quantitative estimate of drug-likeness (QED) is 0.847. The maximum Gasteiger partial charge on any atom is 0.257 e. The SMILES string of the molecule is CC(C)CNC(=O)CN(C)C(=O)c1ccc(Cl)nc1Cl. The van der Waals surface area contributed by atoms with Gasteiger partial charge in [0.25, 0.3) is 5.91 Å². The Morgan fingerprint density at radius 1 is 1.35 bits per heavy atom. The predicted molar refractivity (Wildman–Crippen MR) is 79.1 cm³/mol. The van der Waals surface area contributed by atoms with E-state index in [2.05, 4.69) is 10.3 Å². The van der Waals surface area contributed by atoms with Crippen molar-refractivity contribution in [1.29, 1.82) is 0 Å². The fourth-order valence-corrected chi connectivity index (χ4v) is 1.86. The summed E-state index contributed by atoms with van der Waals surface area (Å²) in [7, 11) is 1.53. The van der Waals surface area contributed by atoms with Gasteiger partial charge >= 0.3 is 0 Å². The van der Waals surface area contributed by atoms with Gasteiger partial charge in [-0.05, 0) is 18.1 Å². The number of aromatic nitrogens is 1. The Kier molecular flexibility index (Phi) is 6.23. The topological polar surface area (TPSA) is 62.3 Å². The summed E-state index contributed by atoms with van der Waals surface area (Å²) in [6.45, 7) is 4.53. The molecule has 0 saturated carbocycles. The minimum absolute atomic E-state index is 0.0249. The molecule has 1 heterocycles. The first kappa shape index (κ1) is 16.7. The van der Waals surface area contributed by atoms with Crippen LogP contribution >= 0.6 is 23.2 Å². The molecule has 0 atom stereocenters. The van der Waals surface area contributed by atoms with Gasteiger partial charge < -0.3 is 10.2 Å². The van der Waals surface area contributed by atoms with Crippen LogP contribution < -0.4 is 5.32 Å². The van der Waals surface area contributed by atoms with E-state index in [1.807, 2.05) is 13.8 Å². The van der Waals surface area contributed by atoms with Crippen molar-refractivity contribution in [1.82, 2.24) is 15.2 Å². The highest BCUT2D eigenvalue weighted by Crippen LogP contribution is 2.17. The molecule has 1 aromatic heterocycles. The number of hydrogen-bond acceptors (Lipinski definition) is 3. The third-order valence-electron chi connectivity index (χ3n) is 2.48. The molecule has 1 N–H and O–H groups in total. The number of nitrogens with one attached hydrogen (secondary N) is 1. The summed E-state index contributed by atoms with van der Waals surface area (Å²) < 4.78 is 0. The van der Waals surface area contributed by atoms with Crippen molar-refractivity contribution in [2.24, 2.45) is 5.92 Å². The summed E-state index contributed by atoms with van der Waals surface area (Å²) in [6, 6.07) is 2.97. The molecule has 0 aliphatic heterocycles. The zero-order chi connectivity index (χ0) is 15.3. The Balaban J connectivity index is 2.65. The fraction of sp³-hybridized carbons (Fsp3) is 0.462. The number of nitrogens with zero attached hydrogens (tertiary/aromatic N) is 2. The van der Waals surface area contributed by atoms with Gasteiger partial charge in [-0.1, -0.05) is 37.0 Å². The van der Waals surface area contributed by atoms with E-state index in [-0.39, 0.29) is 34.2 Å². The zero-order valence-corrected chi connectivity index (χ0v) is 13.1. The summed E-state index contributed by atoms with van der Waals surface area (Å²) in [5.74, 6) is -0.235. The number of amides is 2. The molecule has 110 valence electrons. The summed E-state index contributed by atoms with van der Waals surface area (Å²) >= 11 is 11.5. The highest BCUT2D eigenvalue weighted by atomic mass is 35.5. The van der Waals surface area contributed by atoms with Crippen LogP contribution in [-0.2, 0) is 4.79 Å². The Labute approximate surface area is 128 Å². The fourth-order valence-electron chi connectivity index (χ4n) is 1.44. The first-order valence-corrected chi connectivity index (χ1v) is 6.91. The second-order valence-electron chi connectivity index (χ2n) is 4.83. The number of rotatable bonds is 5. The van der Waals surface area contributed by atoms with Gasteiger partial charge in [0, 0.05) is 13.6 Å². The Morgan fingerprint density at radius 2 is 2.00 bits per heavy atom. The Bertz CT molecular complexity index is 506. The second-order valence-corrected chi connectivity index (χ2v) is 5.58. The number of pyridine rings is 1. The second kappa shape index (κ2) is 7.45. The van der Waals surface area contributed by atoms with Crippen LogP contribution in [0.1, 0.15) is 24.2 Å². The predicted octanol–water partition coefficient (Wildman–Crippen LogP) is 2.23. The lowest BCUT2D eigenvalue weighted by Gasteiger charge is -2.17. The molecule has 1 aromatic rings. The number of likely N-dealkylation sites (N-methyl/N-ethyl adjacent to an activating group) is 1. The van der Waals surface area contributed by atoms with Crippen molar-refractivity contribution in [3.8, 4) is 0 Å². The molecule has 20 heavy (non-hydrogen) atoms. The minimum atomic E-state index is -0.376. The van der Waals surface area contributed by atoms with Crippen molar-refractivity contribution >= 4 is 35.0 Å². The lowest BCUT2D eigenvalue weighted by Crippen LogP contribution is -2.39. The van der Waals surface area contributed by atoms with E-state index in [1.54, 1.807) is 0 Å².